The Morgan fingerprint density at radius 2 is 1.86 bits per heavy atom. The number of aryl methyl sites for hydroxylation is 1. The maximum absolute atomic E-state index is 12.8. The van der Waals surface area contributed by atoms with Gasteiger partial charge in [-0.15, -0.1) is 0 Å². The van der Waals surface area contributed by atoms with E-state index < -0.39 is 12.1 Å². The second-order valence-electron chi connectivity index (χ2n) is 7.19. The van der Waals surface area contributed by atoms with Crippen molar-refractivity contribution in [1.29, 1.82) is 0 Å². The summed E-state index contributed by atoms with van der Waals surface area (Å²) in [5.41, 5.74) is 3.79. The third-order valence-corrected chi connectivity index (χ3v) is 4.88. The third-order valence-electron chi connectivity index (χ3n) is 4.88. The molecule has 0 spiro atoms. The molecule has 0 unspecified atom stereocenters. The lowest BCUT2D eigenvalue weighted by molar-refractivity contribution is -0.135. The Morgan fingerprint density at radius 1 is 1.14 bits per heavy atom. The van der Waals surface area contributed by atoms with E-state index in [9.17, 15) is 9.59 Å². The summed E-state index contributed by atoms with van der Waals surface area (Å²) in [5, 5.41) is 9.83. The van der Waals surface area contributed by atoms with Gasteiger partial charge in [0.15, 0.2) is 0 Å². The zero-order chi connectivity index (χ0) is 20.6. The molecular formula is C23H27N3O3. The van der Waals surface area contributed by atoms with E-state index in [1.807, 2.05) is 68.4 Å². The molecule has 2 aromatic rings. The van der Waals surface area contributed by atoms with Gasteiger partial charge < -0.3 is 15.5 Å². The van der Waals surface area contributed by atoms with Crippen LogP contribution in [0.15, 0.2) is 59.8 Å². The Kier molecular flexibility index (Phi) is 7.00. The summed E-state index contributed by atoms with van der Waals surface area (Å²) in [4.78, 5) is 30.8. The maximum Gasteiger partial charge on any atom is 0.265 e. The first-order valence-electron chi connectivity index (χ1n) is 9.99. The third kappa shape index (κ3) is 5.44. The molecule has 0 bridgehead atoms. The lowest BCUT2D eigenvalue weighted by Gasteiger charge is -2.20. The Morgan fingerprint density at radius 3 is 2.59 bits per heavy atom. The molecular weight excluding hydrogens is 366 g/mol. The van der Waals surface area contributed by atoms with E-state index in [4.69, 9.17) is 4.84 Å². The standard InChI is InChI=1S/C23H27N3O3/c1-3-13-24-22(27)20(14-17-10-5-4-6-11-17)25-23(28)21-15-19(26-29-21)18-12-8-7-9-16(18)2/h4-12,20-21H,3,13-15H2,1-2H3,(H,24,27)(H,25,28)/t20-,21-/m1/s1. The largest absolute Gasteiger partial charge is 0.382 e. The van der Waals surface area contributed by atoms with Gasteiger partial charge in [0, 0.05) is 24.9 Å². The summed E-state index contributed by atoms with van der Waals surface area (Å²) in [5.74, 6) is -0.521. The fourth-order valence-electron chi connectivity index (χ4n) is 3.27. The van der Waals surface area contributed by atoms with Gasteiger partial charge in [-0.25, -0.2) is 0 Å². The van der Waals surface area contributed by atoms with Crippen LogP contribution in [0.25, 0.3) is 0 Å². The van der Waals surface area contributed by atoms with Gasteiger partial charge in [-0.05, 0) is 24.5 Å². The molecule has 1 aliphatic heterocycles. The van der Waals surface area contributed by atoms with Gasteiger partial charge in [0.05, 0.1) is 5.71 Å². The average molecular weight is 393 g/mol. The highest BCUT2D eigenvalue weighted by atomic mass is 16.6. The van der Waals surface area contributed by atoms with Crippen LogP contribution in [0.3, 0.4) is 0 Å². The van der Waals surface area contributed by atoms with Crippen LogP contribution < -0.4 is 10.6 Å². The van der Waals surface area contributed by atoms with Gasteiger partial charge in [-0.2, -0.15) is 0 Å². The van der Waals surface area contributed by atoms with Gasteiger partial charge in [0.25, 0.3) is 5.91 Å². The second-order valence-corrected chi connectivity index (χ2v) is 7.19. The zero-order valence-electron chi connectivity index (χ0n) is 16.9. The van der Waals surface area contributed by atoms with Crippen molar-refractivity contribution in [2.45, 2.75) is 45.3 Å². The lowest BCUT2D eigenvalue weighted by Crippen LogP contribution is -2.51. The monoisotopic (exact) mass is 393 g/mol. The first kappa shape index (κ1) is 20.6. The van der Waals surface area contributed by atoms with E-state index in [1.165, 1.54) is 0 Å². The van der Waals surface area contributed by atoms with Crippen LogP contribution in [-0.4, -0.2) is 36.2 Å². The van der Waals surface area contributed by atoms with Crippen molar-refractivity contribution in [2.24, 2.45) is 5.16 Å². The van der Waals surface area contributed by atoms with E-state index in [1.54, 1.807) is 0 Å². The molecule has 2 atom stereocenters. The molecule has 6 nitrogen and oxygen atoms in total. The molecule has 2 N–H and O–H groups in total. The number of oxime groups is 1. The molecule has 152 valence electrons. The average Bonchev–Trinajstić information content (AvgIpc) is 3.22. The molecule has 0 aliphatic carbocycles. The predicted molar refractivity (Wildman–Crippen MR) is 113 cm³/mol. The minimum Gasteiger partial charge on any atom is -0.382 e. The number of hydrogen-bond acceptors (Lipinski definition) is 4. The summed E-state index contributed by atoms with van der Waals surface area (Å²) < 4.78 is 0. The van der Waals surface area contributed by atoms with Crippen molar-refractivity contribution in [3.63, 3.8) is 0 Å². The molecule has 0 saturated carbocycles. The normalized spacial score (nSPS) is 16.5. The lowest BCUT2D eigenvalue weighted by atomic mass is 9.99. The van der Waals surface area contributed by atoms with Gasteiger partial charge in [0.1, 0.15) is 6.04 Å². The molecule has 0 fully saturated rings. The fourth-order valence-corrected chi connectivity index (χ4v) is 3.27. The van der Waals surface area contributed by atoms with Crippen molar-refractivity contribution < 1.29 is 14.4 Å². The van der Waals surface area contributed by atoms with E-state index in [0.717, 1.165) is 28.8 Å². The van der Waals surface area contributed by atoms with E-state index in [0.29, 0.717) is 19.4 Å². The maximum atomic E-state index is 12.8. The van der Waals surface area contributed by atoms with E-state index >= 15 is 0 Å². The first-order chi connectivity index (χ1) is 14.1. The van der Waals surface area contributed by atoms with Crippen molar-refractivity contribution >= 4 is 17.5 Å². The molecule has 1 heterocycles. The fraction of sp³-hybridized carbons (Fsp3) is 0.348. The van der Waals surface area contributed by atoms with Crippen molar-refractivity contribution in [2.75, 3.05) is 6.54 Å². The molecule has 0 aromatic heterocycles. The van der Waals surface area contributed by atoms with Crippen LogP contribution in [0.1, 0.15) is 36.5 Å². The summed E-state index contributed by atoms with van der Waals surface area (Å²) in [6.07, 6.45) is 0.893. The number of hydrogen-bond donors (Lipinski definition) is 2. The number of carbonyl (C=O) groups excluding carboxylic acids is 2. The summed E-state index contributed by atoms with van der Waals surface area (Å²) in [7, 11) is 0. The minimum atomic E-state index is -0.734. The number of carbonyl (C=O) groups is 2. The van der Waals surface area contributed by atoms with Crippen molar-refractivity contribution in [3.8, 4) is 0 Å². The number of nitrogens with zero attached hydrogens (tertiary/aromatic N) is 1. The highest BCUT2D eigenvalue weighted by Crippen LogP contribution is 2.19. The van der Waals surface area contributed by atoms with Gasteiger partial charge >= 0.3 is 0 Å². The van der Waals surface area contributed by atoms with Crippen LogP contribution in [0.4, 0.5) is 0 Å². The minimum absolute atomic E-state index is 0.193. The van der Waals surface area contributed by atoms with Crippen LogP contribution in [-0.2, 0) is 20.8 Å². The number of benzene rings is 2. The highest BCUT2D eigenvalue weighted by Gasteiger charge is 2.32. The Balaban J connectivity index is 1.65. The molecule has 6 heteroatoms. The number of amides is 2. The van der Waals surface area contributed by atoms with Crippen LogP contribution in [0, 0.1) is 6.92 Å². The molecule has 0 radical (unpaired) electrons. The van der Waals surface area contributed by atoms with E-state index in [-0.39, 0.29) is 11.8 Å². The summed E-state index contributed by atoms with van der Waals surface area (Å²) >= 11 is 0. The molecule has 3 rings (SSSR count). The summed E-state index contributed by atoms with van der Waals surface area (Å²) in [6.45, 7) is 4.56. The molecule has 2 aromatic carbocycles. The van der Waals surface area contributed by atoms with Crippen LogP contribution in [0.2, 0.25) is 0 Å². The second kappa shape index (κ2) is 9.87. The van der Waals surface area contributed by atoms with E-state index in [2.05, 4.69) is 15.8 Å². The molecule has 1 aliphatic rings. The van der Waals surface area contributed by atoms with Gasteiger partial charge in [-0.3, -0.25) is 9.59 Å². The number of rotatable bonds is 8. The Bertz CT molecular complexity index is 880. The van der Waals surface area contributed by atoms with Crippen molar-refractivity contribution in [1.82, 2.24) is 10.6 Å². The first-order valence-corrected chi connectivity index (χ1v) is 9.99. The topological polar surface area (TPSA) is 79.8 Å². The highest BCUT2D eigenvalue weighted by molar-refractivity contribution is 6.05. The van der Waals surface area contributed by atoms with Crippen LogP contribution >= 0.6 is 0 Å². The number of nitrogens with one attached hydrogen (secondary N) is 2. The SMILES string of the molecule is CCCNC(=O)[C@@H](Cc1ccccc1)NC(=O)[C@H]1CC(c2ccccc2C)=NO1. The zero-order valence-corrected chi connectivity index (χ0v) is 16.9. The van der Waals surface area contributed by atoms with Gasteiger partial charge in [0.2, 0.25) is 12.0 Å². The smallest absolute Gasteiger partial charge is 0.265 e. The molecule has 29 heavy (non-hydrogen) atoms. The molecule has 0 saturated heterocycles. The summed E-state index contributed by atoms with van der Waals surface area (Å²) in [6, 6.07) is 16.8. The van der Waals surface area contributed by atoms with Crippen molar-refractivity contribution in [3.05, 3.63) is 71.3 Å². The predicted octanol–water partition coefficient (Wildman–Crippen LogP) is 2.74. The Labute approximate surface area is 171 Å². The molecule has 2 amide bonds. The quantitative estimate of drug-likeness (QED) is 0.724. The van der Waals surface area contributed by atoms with Gasteiger partial charge in [-0.1, -0.05) is 66.7 Å². The Hall–Kier alpha value is -3.15. The van der Waals surface area contributed by atoms with Crippen LogP contribution in [0.5, 0.6) is 0 Å².